The summed E-state index contributed by atoms with van der Waals surface area (Å²) < 4.78 is 0. The van der Waals surface area contributed by atoms with Crippen molar-refractivity contribution in [1.29, 1.82) is 0 Å². The number of nitrogens with zero attached hydrogens (tertiary/aromatic N) is 2. The quantitative estimate of drug-likeness (QED) is 0.298. The van der Waals surface area contributed by atoms with Crippen LogP contribution in [0.1, 0.15) is 156 Å². The van der Waals surface area contributed by atoms with E-state index in [4.69, 9.17) is 29.8 Å². The van der Waals surface area contributed by atoms with Crippen LogP contribution in [0.3, 0.4) is 0 Å². The summed E-state index contributed by atoms with van der Waals surface area (Å²) in [5.74, 6) is -1.48. The summed E-state index contributed by atoms with van der Waals surface area (Å²) in [7, 11) is 0. The first-order valence-corrected chi connectivity index (χ1v) is 17.7. The van der Waals surface area contributed by atoms with E-state index in [1.807, 2.05) is 12.4 Å². The van der Waals surface area contributed by atoms with Gasteiger partial charge in [-0.15, -0.1) is 0 Å². The van der Waals surface area contributed by atoms with Crippen LogP contribution in [0.4, 0.5) is 0 Å². The van der Waals surface area contributed by atoms with Gasteiger partial charge in [0.15, 0.2) is 0 Å². The van der Waals surface area contributed by atoms with Gasteiger partial charge in [0.1, 0.15) is 11.5 Å². The fourth-order valence-electron chi connectivity index (χ4n) is 5.99. The number of carboxylic acids is 2. The van der Waals surface area contributed by atoms with E-state index < -0.39 is 11.9 Å². The van der Waals surface area contributed by atoms with Crippen molar-refractivity contribution >= 4 is 24.4 Å². The number of aromatic hydroxyl groups is 2. The molecular weight excluding hydrogens is 687 g/mol. The second kappa shape index (κ2) is 19.6. The molecule has 287 valence electrons. The molecule has 51 heavy (non-hydrogen) atoms. The monoisotopic (exact) mass is 751 g/mol. The van der Waals surface area contributed by atoms with Gasteiger partial charge in [0.25, 0.3) is 0 Å². The molecular formula is C42H64CoN2O6. The van der Waals surface area contributed by atoms with E-state index in [-0.39, 0.29) is 50.5 Å². The van der Waals surface area contributed by atoms with Crippen LogP contribution in [0.25, 0.3) is 0 Å². The summed E-state index contributed by atoms with van der Waals surface area (Å²) in [6.45, 7) is 28.3. The molecule has 0 aromatic heterocycles. The Morgan fingerprint density at radius 1 is 0.667 bits per heavy atom. The Bertz CT molecular complexity index is 1380. The van der Waals surface area contributed by atoms with Gasteiger partial charge in [-0.1, -0.05) is 95.2 Å². The van der Waals surface area contributed by atoms with Gasteiger partial charge in [-0.3, -0.25) is 9.98 Å². The number of hydrogen-bond acceptors (Lipinski definition) is 8. The molecule has 1 fully saturated rings. The van der Waals surface area contributed by atoms with Crippen LogP contribution in [0.2, 0.25) is 0 Å². The molecule has 1 aliphatic carbocycles. The maximum Gasteiger partial charge on any atom is 2.00 e. The fourth-order valence-corrected chi connectivity index (χ4v) is 5.99. The largest absolute Gasteiger partial charge is 2.00 e. The minimum absolute atomic E-state index is 0. The van der Waals surface area contributed by atoms with Gasteiger partial charge in [-0.25, -0.2) is 0 Å². The standard InChI is InChI=1S/C38H58N2O2.2C2H4O2.Co/c1-35(2,3)21-25-16-27(33(41)31(18-25)37(7,8)9)23-39-29-14-13-15-30(20-29)40-24-28-17-26(22-36(4,5)6)19-32(34(28)42)38(10,11)12;2*1-2(3)4;/h16-19,23-24,29-30,41-42H,13-15,20-22H2,1-12H3;2*1H3,(H,3,4);/q;;;+2/p-2. The van der Waals surface area contributed by atoms with Gasteiger partial charge in [-0.05, 0) is 97.3 Å². The maximum absolute atomic E-state index is 11.2. The van der Waals surface area contributed by atoms with E-state index in [9.17, 15) is 10.2 Å². The Morgan fingerprint density at radius 2 is 0.961 bits per heavy atom. The Morgan fingerprint density at radius 3 is 1.22 bits per heavy atom. The molecule has 0 aliphatic heterocycles. The van der Waals surface area contributed by atoms with Gasteiger partial charge in [-0.2, -0.15) is 0 Å². The second-order valence-electron chi connectivity index (χ2n) is 18.2. The smallest absolute Gasteiger partial charge is 0.550 e. The van der Waals surface area contributed by atoms with E-state index in [1.54, 1.807) is 0 Å². The normalized spacial score (nSPS) is 16.8. The molecule has 2 unspecified atom stereocenters. The third-order valence-corrected chi connectivity index (χ3v) is 7.95. The van der Waals surface area contributed by atoms with Crippen LogP contribution >= 0.6 is 0 Å². The molecule has 1 aliphatic rings. The Labute approximate surface area is 318 Å². The van der Waals surface area contributed by atoms with Crippen LogP contribution in [-0.2, 0) is 50.0 Å². The molecule has 0 saturated heterocycles. The van der Waals surface area contributed by atoms with Crippen molar-refractivity contribution in [2.75, 3.05) is 0 Å². The molecule has 3 rings (SSSR count). The van der Waals surface area contributed by atoms with Gasteiger partial charge >= 0.3 is 16.8 Å². The minimum Gasteiger partial charge on any atom is -0.550 e. The molecule has 0 amide bonds. The van der Waals surface area contributed by atoms with Crippen molar-refractivity contribution in [2.45, 2.75) is 158 Å². The third kappa shape index (κ3) is 18.8. The molecule has 2 N–H and O–H groups in total. The fraction of sp³-hybridized carbons (Fsp3) is 0.619. The van der Waals surface area contributed by atoms with Crippen molar-refractivity contribution in [3.05, 3.63) is 57.6 Å². The number of rotatable bonds is 6. The number of carbonyl (C=O) groups is 2. The molecule has 2 atom stereocenters. The maximum atomic E-state index is 11.2. The number of carboxylic acid groups (broad SMARTS) is 2. The average Bonchev–Trinajstić information content (AvgIpc) is 2.90. The summed E-state index contributed by atoms with van der Waals surface area (Å²) in [4.78, 5) is 27.8. The van der Waals surface area contributed by atoms with Crippen molar-refractivity contribution < 1.29 is 46.8 Å². The second-order valence-corrected chi connectivity index (χ2v) is 18.2. The Balaban J connectivity index is 0.00000251. The first-order chi connectivity index (χ1) is 22.6. The van der Waals surface area contributed by atoms with E-state index in [0.717, 1.165) is 74.6 Å². The summed E-state index contributed by atoms with van der Waals surface area (Å²) in [5.41, 5.74) is 6.03. The number of hydrogen-bond donors (Lipinski definition) is 2. The predicted octanol–water partition coefficient (Wildman–Crippen LogP) is 7.23. The molecule has 0 bridgehead atoms. The number of phenolic OH excluding ortho intramolecular Hbond substituents is 2. The third-order valence-electron chi connectivity index (χ3n) is 7.95. The zero-order valence-electron chi connectivity index (χ0n) is 33.6. The van der Waals surface area contributed by atoms with E-state index in [2.05, 4.69) is 107 Å². The summed E-state index contributed by atoms with van der Waals surface area (Å²) in [5, 5.41) is 40.2. The molecule has 0 spiro atoms. The predicted molar refractivity (Wildman–Crippen MR) is 203 cm³/mol. The van der Waals surface area contributed by atoms with Crippen LogP contribution in [0, 0.1) is 10.8 Å². The van der Waals surface area contributed by atoms with Crippen molar-refractivity contribution in [2.24, 2.45) is 20.8 Å². The topological polar surface area (TPSA) is 145 Å². The van der Waals surface area contributed by atoms with Crippen LogP contribution in [0.15, 0.2) is 34.3 Å². The molecule has 8 nitrogen and oxygen atoms in total. The molecule has 9 heteroatoms. The van der Waals surface area contributed by atoms with E-state index in [0.29, 0.717) is 11.5 Å². The molecule has 1 saturated carbocycles. The van der Waals surface area contributed by atoms with Crippen molar-refractivity contribution in [3.63, 3.8) is 0 Å². The zero-order chi connectivity index (χ0) is 38.8. The molecule has 2 aromatic rings. The number of phenols is 2. The Hall–Kier alpha value is -3.17. The summed E-state index contributed by atoms with van der Waals surface area (Å²) in [6, 6.07) is 8.88. The molecule has 0 heterocycles. The van der Waals surface area contributed by atoms with E-state index >= 15 is 0 Å². The van der Waals surface area contributed by atoms with Gasteiger partial charge in [0.05, 0.1) is 12.1 Å². The summed E-state index contributed by atoms with van der Waals surface area (Å²) in [6.07, 6.45) is 9.66. The minimum atomic E-state index is -1.08. The Kier molecular flexibility index (Phi) is 18.4. The van der Waals surface area contributed by atoms with Crippen LogP contribution in [0.5, 0.6) is 11.5 Å². The van der Waals surface area contributed by atoms with E-state index in [1.165, 1.54) is 11.1 Å². The number of carbonyl (C=O) groups excluding carboxylic acids is 2. The number of aliphatic imine (C=N–C) groups is 2. The first kappa shape index (κ1) is 47.8. The average molecular weight is 752 g/mol. The summed E-state index contributed by atoms with van der Waals surface area (Å²) >= 11 is 0. The van der Waals surface area contributed by atoms with Crippen molar-refractivity contribution in [1.82, 2.24) is 0 Å². The van der Waals surface area contributed by atoms with Crippen LogP contribution < -0.4 is 10.2 Å². The molecule has 1 radical (unpaired) electrons. The zero-order valence-corrected chi connectivity index (χ0v) is 34.7. The van der Waals surface area contributed by atoms with Crippen LogP contribution in [-0.4, -0.2) is 46.7 Å². The van der Waals surface area contributed by atoms with Gasteiger partial charge < -0.3 is 30.0 Å². The number of aliphatic carboxylic acids is 2. The SMILES string of the molecule is CC(=O)[O-].CC(=O)[O-].CC(C)(C)Cc1cc(C=NC2CCCC(N=Cc3cc(CC(C)(C)C)cc(C(C)(C)C)c3O)C2)c(O)c(C(C)(C)C)c1.[Co+2]. The van der Waals surface area contributed by atoms with Crippen molar-refractivity contribution in [3.8, 4) is 11.5 Å². The van der Waals surface area contributed by atoms with Gasteiger partial charge in [0, 0.05) is 46.6 Å². The van der Waals surface area contributed by atoms with Gasteiger partial charge in [0.2, 0.25) is 0 Å². The molecule has 2 aromatic carbocycles. The number of benzene rings is 2. The first-order valence-electron chi connectivity index (χ1n) is 17.7.